The van der Waals surface area contributed by atoms with Gasteiger partial charge in [0.25, 0.3) is 0 Å². The number of nitrogens with zero attached hydrogens (tertiary/aromatic N) is 1. The summed E-state index contributed by atoms with van der Waals surface area (Å²) in [5.74, 6) is 0. The predicted molar refractivity (Wildman–Crippen MR) is 59.7 cm³/mol. The molecule has 0 saturated carbocycles. The number of hydrogen-bond acceptors (Lipinski definition) is 4. The summed E-state index contributed by atoms with van der Waals surface area (Å²) in [4.78, 5) is 0.584. The first-order valence-electron chi connectivity index (χ1n) is 4.01. The Morgan fingerprint density at radius 3 is 3.00 bits per heavy atom. The fourth-order valence-corrected chi connectivity index (χ4v) is 2.58. The van der Waals surface area contributed by atoms with Crippen LogP contribution in [0.15, 0.2) is 22.4 Å². The lowest BCUT2D eigenvalue weighted by atomic mass is 10.1. The molecule has 2 nitrogen and oxygen atoms in total. The van der Waals surface area contributed by atoms with Gasteiger partial charge in [0.15, 0.2) is 0 Å². The van der Waals surface area contributed by atoms with Crippen molar-refractivity contribution in [2.24, 2.45) is 0 Å². The molecule has 0 aliphatic heterocycles. The molecular weight excluding hydrogens is 214 g/mol. The van der Waals surface area contributed by atoms with Crippen molar-refractivity contribution >= 4 is 34.1 Å². The van der Waals surface area contributed by atoms with Gasteiger partial charge in [0, 0.05) is 15.2 Å². The van der Waals surface area contributed by atoms with Gasteiger partial charge in [-0.15, -0.1) is 24.0 Å². The maximum atomic E-state index is 9.20. The van der Waals surface area contributed by atoms with Crippen molar-refractivity contribution in [2.75, 3.05) is 0 Å². The van der Waals surface area contributed by atoms with Gasteiger partial charge in [-0.25, -0.2) is 0 Å². The minimum absolute atomic E-state index is 0.0818. The van der Waals surface area contributed by atoms with E-state index in [0.717, 1.165) is 15.6 Å². The van der Waals surface area contributed by atoms with Crippen molar-refractivity contribution in [2.45, 2.75) is 11.5 Å². The van der Waals surface area contributed by atoms with Gasteiger partial charge >= 0.3 is 0 Å². The minimum Gasteiger partial charge on any atom is -0.392 e. The fourth-order valence-electron chi connectivity index (χ4n) is 1.42. The molecule has 14 heavy (non-hydrogen) atoms. The first-order valence-corrected chi connectivity index (χ1v) is 5.33. The molecule has 1 N–H and O–H groups in total. The second-order valence-electron chi connectivity index (χ2n) is 2.85. The number of nitriles is 1. The van der Waals surface area contributed by atoms with Crippen LogP contribution in [0.4, 0.5) is 0 Å². The lowest BCUT2D eigenvalue weighted by molar-refractivity contribution is 0.280. The van der Waals surface area contributed by atoms with Crippen molar-refractivity contribution < 1.29 is 5.11 Å². The molecule has 0 bridgehead atoms. The number of benzene rings is 1. The van der Waals surface area contributed by atoms with Gasteiger partial charge in [-0.05, 0) is 22.9 Å². The summed E-state index contributed by atoms with van der Waals surface area (Å²) >= 11 is 5.80. The number of thiol groups is 1. The molecule has 0 spiro atoms. The summed E-state index contributed by atoms with van der Waals surface area (Å²) in [5.41, 5.74) is 1.26. The monoisotopic (exact) mass is 221 g/mol. The van der Waals surface area contributed by atoms with E-state index in [-0.39, 0.29) is 6.61 Å². The van der Waals surface area contributed by atoms with E-state index in [2.05, 4.69) is 18.7 Å². The highest BCUT2D eigenvalue weighted by atomic mass is 32.1. The Hall–Kier alpha value is -1.02. The van der Waals surface area contributed by atoms with Gasteiger partial charge in [-0.3, -0.25) is 0 Å². The van der Waals surface area contributed by atoms with Crippen LogP contribution in [0.25, 0.3) is 10.1 Å². The highest BCUT2D eigenvalue weighted by molar-refractivity contribution is 7.80. The summed E-state index contributed by atoms with van der Waals surface area (Å²) in [5, 5.41) is 21.0. The smallest absolute Gasteiger partial charge is 0.100 e. The second-order valence-corrected chi connectivity index (χ2v) is 4.25. The van der Waals surface area contributed by atoms with E-state index in [1.165, 1.54) is 0 Å². The average molecular weight is 221 g/mol. The molecular formula is C10H7NOS2. The van der Waals surface area contributed by atoms with Gasteiger partial charge in [0.05, 0.1) is 12.2 Å². The maximum absolute atomic E-state index is 9.20. The molecule has 0 saturated heterocycles. The number of rotatable bonds is 1. The minimum atomic E-state index is -0.0818. The summed E-state index contributed by atoms with van der Waals surface area (Å²) in [6, 6.07) is 5.82. The van der Waals surface area contributed by atoms with E-state index in [9.17, 15) is 5.11 Å². The average Bonchev–Trinajstić information content (AvgIpc) is 2.64. The topological polar surface area (TPSA) is 44.0 Å². The molecule has 1 aromatic carbocycles. The molecule has 0 unspecified atom stereocenters. The molecule has 2 aromatic rings. The van der Waals surface area contributed by atoms with E-state index >= 15 is 0 Å². The zero-order valence-corrected chi connectivity index (χ0v) is 8.90. The molecule has 0 atom stereocenters. The Balaban J connectivity index is 2.89. The molecule has 1 heterocycles. The molecule has 0 aliphatic rings. The first-order chi connectivity index (χ1) is 6.77. The molecule has 2 rings (SSSR count). The number of aliphatic hydroxyl groups excluding tert-OH is 1. The molecule has 0 amide bonds. The summed E-state index contributed by atoms with van der Waals surface area (Å²) < 4.78 is 1.02. The Kier molecular flexibility index (Phi) is 2.46. The van der Waals surface area contributed by atoms with E-state index in [1.807, 2.05) is 17.5 Å². The van der Waals surface area contributed by atoms with Crippen LogP contribution in [0.5, 0.6) is 0 Å². The van der Waals surface area contributed by atoms with Crippen LogP contribution in [0.3, 0.4) is 0 Å². The number of thiophene rings is 1. The zero-order valence-electron chi connectivity index (χ0n) is 7.19. The van der Waals surface area contributed by atoms with Crippen molar-refractivity contribution in [3.05, 3.63) is 28.6 Å². The molecule has 4 heteroatoms. The third kappa shape index (κ3) is 1.30. The Labute approximate surface area is 90.8 Å². The highest BCUT2D eigenvalue weighted by Crippen LogP contribution is 2.31. The normalized spacial score (nSPS) is 10.4. The largest absolute Gasteiger partial charge is 0.392 e. The Bertz CT molecular complexity index is 525. The Morgan fingerprint density at radius 2 is 2.36 bits per heavy atom. The van der Waals surface area contributed by atoms with Gasteiger partial charge in [-0.1, -0.05) is 0 Å². The first kappa shape index (κ1) is 9.53. The van der Waals surface area contributed by atoms with Crippen LogP contribution >= 0.6 is 24.0 Å². The van der Waals surface area contributed by atoms with Gasteiger partial charge in [-0.2, -0.15) is 5.26 Å². The number of aliphatic hydroxyl groups is 1. The van der Waals surface area contributed by atoms with Crippen molar-refractivity contribution in [1.29, 1.82) is 5.26 Å². The van der Waals surface area contributed by atoms with E-state index in [1.54, 1.807) is 11.3 Å². The molecule has 0 fully saturated rings. The SMILES string of the molecule is N#Cc1cc2sccc2c(CO)c1S. The number of fused-ring (bicyclic) bond motifs is 1. The maximum Gasteiger partial charge on any atom is 0.100 e. The molecule has 1 aromatic heterocycles. The van der Waals surface area contributed by atoms with E-state index in [4.69, 9.17) is 5.26 Å². The van der Waals surface area contributed by atoms with Gasteiger partial charge in [0.1, 0.15) is 6.07 Å². The van der Waals surface area contributed by atoms with Gasteiger partial charge in [0.2, 0.25) is 0 Å². The third-order valence-electron chi connectivity index (χ3n) is 2.12. The van der Waals surface area contributed by atoms with Crippen LogP contribution < -0.4 is 0 Å². The van der Waals surface area contributed by atoms with Crippen LogP contribution in [0.1, 0.15) is 11.1 Å². The van der Waals surface area contributed by atoms with Crippen LogP contribution in [0, 0.1) is 11.3 Å². The molecule has 0 radical (unpaired) electrons. The van der Waals surface area contributed by atoms with E-state index in [0.29, 0.717) is 10.5 Å². The predicted octanol–water partition coefficient (Wildman–Crippen LogP) is 2.55. The fraction of sp³-hybridized carbons (Fsp3) is 0.100. The Morgan fingerprint density at radius 1 is 1.57 bits per heavy atom. The lowest BCUT2D eigenvalue weighted by Crippen LogP contribution is -1.90. The summed E-state index contributed by atoms with van der Waals surface area (Å²) in [6.45, 7) is -0.0818. The van der Waals surface area contributed by atoms with Crippen LogP contribution in [-0.2, 0) is 6.61 Å². The highest BCUT2D eigenvalue weighted by Gasteiger charge is 2.10. The summed E-state index contributed by atoms with van der Waals surface area (Å²) in [6.07, 6.45) is 0. The zero-order chi connectivity index (χ0) is 10.1. The van der Waals surface area contributed by atoms with Crippen molar-refractivity contribution in [3.8, 4) is 6.07 Å². The molecule has 70 valence electrons. The quantitative estimate of drug-likeness (QED) is 0.727. The standard InChI is InChI=1S/C10H7NOS2/c11-4-6-3-9-7(1-2-14-9)8(5-12)10(6)13/h1-3,12-13H,5H2. The van der Waals surface area contributed by atoms with Crippen LogP contribution in [-0.4, -0.2) is 5.11 Å². The third-order valence-corrected chi connectivity index (χ3v) is 3.49. The lowest BCUT2D eigenvalue weighted by Gasteiger charge is -2.05. The van der Waals surface area contributed by atoms with Gasteiger partial charge < -0.3 is 5.11 Å². The van der Waals surface area contributed by atoms with E-state index < -0.39 is 0 Å². The van der Waals surface area contributed by atoms with Crippen molar-refractivity contribution in [1.82, 2.24) is 0 Å². The van der Waals surface area contributed by atoms with Crippen molar-refractivity contribution in [3.63, 3.8) is 0 Å². The summed E-state index contributed by atoms with van der Waals surface area (Å²) in [7, 11) is 0. The molecule has 0 aliphatic carbocycles. The van der Waals surface area contributed by atoms with Crippen LogP contribution in [0.2, 0.25) is 0 Å². The second kappa shape index (κ2) is 3.62. The number of hydrogen-bond donors (Lipinski definition) is 2.